The summed E-state index contributed by atoms with van der Waals surface area (Å²) in [6.45, 7) is 4.22. The van der Waals surface area contributed by atoms with E-state index in [1.54, 1.807) is 11.3 Å². The molecule has 1 aliphatic rings. The van der Waals surface area contributed by atoms with E-state index < -0.39 is 0 Å². The second-order valence-electron chi connectivity index (χ2n) is 6.31. The average Bonchev–Trinajstić information content (AvgIpc) is 2.90. The largest absolute Gasteiger partial charge is 0.326 e. The molecule has 1 unspecified atom stereocenters. The Balaban J connectivity index is 1.78. The molecule has 4 nitrogen and oxygen atoms in total. The molecule has 3 aromatic rings. The molecule has 0 saturated carbocycles. The number of para-hydroxylation sites is 3. The van der Waals surface area contributed by atoms with E-state index in [9.17, 15) is 4.79 Å². The molecular weight excluding hydrogens is 330 g/mol. The van der Waals surface area contributed by atoms with E-state index >= 15 is 0 Å². The molecule has 2 aromatic carbocycles. The maximum absolute atomic E-state index is 13.1. The Morgan fingerprint density at radius 1 is 1.16 bits per heavy atom. The lowest BCUT2D eigenvalue weighted by atomic mass is 10.2. The van der Waals surface area contributed by atoms with Gasteiger partial charge in [0, 0.05) is 24.7 Å². The summed E-state index contributed by atoms with van der Waals surface area (Å²) in [4.78, 5) is 14.9. The van der Waals surface area contributed by atoms with Gasteiger partial charge < -0.3 is 5.32 Å². The van der Waals surface area contributed by atoms with Crippen LogP contribution in [0.1, 0.15) is 17.6 Å². The number of nitrogens with zero attached hydrogens (tertiary/aromatic N) is 2. The number of hydrogen-bond acceptors (Lipinski definition) is 2. The number of aromatic nitrogens is 1. The zero-order valence-electron chi connectivity index (χ0n) is 14.3. The van der Waals surface area contributed by atoms with E-state index in [0.29, 0.717) is 0 Å². The van der Waals surface area contributed by atoms with Crippen molar-refractivity contribution in [3.8, 4) is 5.69 Å². The molecular formula is C20H20N3OS+. The molecule has 25 heavy (non-hydrogen) atoms. The lowest BCUT2D eigenvalue weighted by molar-refractivity contribution is -0.603. The Morgan fingerprint density at radius 3 is 2.68 bits per heavy atom. The smallest absolute Gasteiger partial charge is 0.308 e. The fourth-order valence-corrected chi connectivity index (χ4v) is 4.47. The summed E-state index contributed by atoms with van der Waals surface area (Å²) in [6.07, 6.45) is 0.829. The topological polar surface area (TPSA) is 36.2 Å². The van der Waals surface area contributed by atoms with E-state index in [1.165, 1.54) is 10.7 Å². The molecule has 2 heterocycles. The van der Waals surface area contributed by atoms with Crippen LogP contribution in [0.25, 0.3) is 5.69 Å². The summed E-state index contributed by atoms with van der Waals surface area (Å²) in [5.41, 5.74) is 4.00. The maximum Gasteiger partial charge on any atom is 0.326 e. The summed E-state index contributed by atoms with van der Waals surface area (Å²) in [5.74, 6) is 0. The van der Waals surface area contributed by atoms with Crippen LogP contribution in [0.4, 0.5) is 16.2 Å². The molecule has 126 valence electrons. The van der Waals surface area contributed by atoms with Crippen molar-refractivity contribution >= 4 is 28.7 Å². The number of carbonyl (C=O) groups excluding carboxylic acids is 1. The predicted molar refractivity (Wildman–Crippen MR) is 102 cm³/mol. The Kier molecular flexibility index (Phi) is 4.01. The monoisotopic (exact) mass is 350 g/mol. The number of benzene rings is 2. The molecule has 0 aliphatic carbocycles. The molecule has 2 amide bonds. The van der Waals surface area contributed by atoms with Crippen LogP contribution < -0.4 is 14.8 Å². The van der Waals surface area contributed by atoms with Gasteiger partial charge in [0.1, 0.15) is 5.69 Å². The minimum atomic E-state index is -0.0976. The number of urea groups is 1. The van der Waals surface area contributed by atoms with Crippen molar-refractivity contribution in [1.29, 1.82) is 0 Å². The molecule has 0 bridgehead atoms. The molecule has 1 atom stereocenters. The third kappa shape index (κ3) is 2.81. The van der Waals surface area contributed by atoms with Crippen LogP contribution in [-0.4, -0.2) is 12.1 Å². The molecule has 0 spiro atoms. The van der Waals surface area contributed by atoms with Gasteiger partial charge in [0.25, 0.3) is 0 Å². The Labute approximate surface area is 151 Å². The van der Waals surface area contributed by atoms with Crippen LogP contribution >= 0.6 is 11.3 Å². The highest BCUT2D eigenvalue weighted by Gasteiger charge is 2.36. The van der Waals surface area contributed by atoms with Gasteiger partial charge in [0.2, 0.25) is 10.7 Å². The summed E-state index contributed by atoms with van der Waals surface area (Å²) >= 11 is 1.75. The molecule has 4 rings (SSSR count). The number of thiazole rings is 1. The van der Waals surface area contributed by atoms with Crippen LogP contribution in [0.5, 0.6) is 0 Å². The Bertz CT molecular complexity index is 920. The van der Waals surface area contributed by atoms with E-state index in [0.717, 1.165) is 23.5 Å². The average molecular weight is 350 g/mol. The van der Waals surface area contributed by atoms with Crippen molar-refractivity contribution < 1.29 is 9.36 Å². The van der Waals surface area contributed by atoms with Gasteiger partial charge in [-0.15, -0.1) is 4.57 Å². The van der Waals surface area contributed by atoms with E-state index in [-0.39, 0.29) is 12.1 Å². The van der Waals surface area contributed by atoms with Crippen molar-refractivity contribution in [2.24, 2.45) is 0 Å². The number of amides is 2. The number of anilines is 2. The van der Waals surface area contributed by atoms with E-state index in [1.807, 2.05) is 53.4 Å². The van der Waals surface area contributed by atoms with Crippen LogP contribution in [0.15, 0.2) is 60.0 Å². The van der Waals surface area contributed by atoms with Gasteiger partial charge in [-0.3, -0.25) is 4.90 Å². The highest BCUT2D eigenvalue weighted by molar-refractivity contribution is 7.09. The summed E-state index contributed by atoms with van der Waals surface area (Å²) in [6, 6.07) is 17.7. The zero-order valence-corrected chi connectivity index (χ0v) is 15.1. The van der Waals surface area contributed by atoms with Gasteiger partial charge in [-0.2, -0.15) is 0 Å². The summed E-state index contributed by atoms with van der Waals surface area (Å²) in [7, 11) is 0. The first-order valence-electron chi connectivity index (χ1n) is 8.39. The Morgan fingerprint density at radius 2 is 1.88 bits per heavy atom. The second-order valence-corrected chi connectivity index (χ2v) is 7.26. The van der Waals surface area contributed by atoms with E-state index in [4.69, 9.17) is 0 Å². The minimum Gasteiger partial charge on any atom is -0.308 e. The van der Waals surface area contributed by atoms with Crippen LogP contribution in [0.2, 0.25) is 0 Å². The summed E-state index contributed by atoms with van der Waals surface area (Å²) < 4.78 is 2.27. The highest BCUT2D eigenvalue weighted by atomic mass is 32.1. The zero-order chi connectivity index (χ0) is 17.4. The lowest BCUT2D eigenvalue weighted by Gasteiger charge is -2.26. The fraction of sp³-hybridized carbons (Fsp3) is 0.200. The van der Waals surface area contributed by atoms with Gasteiger partial charge in [-0.25, -0.2) is 4.79 Å². The molecule has 0 fully saturated rings. The van der Waals surface area contributed by atoms with E-state index in [2.05, 4.69) is 35.2 Å². The predicted octanol–water partition coefficient (Wildman–Crippen LogP) is 4.32. The van der Waals surface area contributed by atoms with Gasteiger partial charge in [-0.05, 0) is 25.1 Å². The normalized spacial score (nSPS) is 15.9. The summed E-state index contributed by atoms with van der Waals surface area (Å²) in [5, 5.41) is 6.48. The quantitative estimate of drug-likeness (QED) is 0.652. The van der Waals surface area contributed by atoms with Gasteiger partial charge in [-0.1, -0.05) is 41.7 Å². The molecule has 1 aliphatic heterocycles. The number of hydrogen-bond donors (Lipinski definition) is 1. The number of fused-ring (bicyclic) bond motifs is 3. The van der Waals surface area contributed by atoms with Gasteiger partial charge in [0.05, 0.1) is 11.8 Å². The maximum atomic E-state index is 13.1. The fourth-order valence-electron chi connectivity index (χ4n) is 3.37. The molecule has 5 heteroatoms. The SMILES string of the molecule is Cc1csc2[n+]1-c1ccccc1N(C(=O)Nc1ccccc1)C(C)C2. The van der Waals surface area contributed by atoms with Crippen molar-refractivity contribution in [1.82, 2.24) is 0 Å². The first-order valence-corrected chi connectivity index (χ1v) is 9.27. The number of aryl methyl sites for hydroxylation is 1. The van der Waals surface area contributed by atoms with Crippen molar-refractivity contribution in [3.63, 3.8) is 0 Å². The van der Waals surface area contributed by atoms with Crippen molar-refractivity contribution in [3.05, 3.63) is 70.7 Å². The first kappa shape index (κ1) is 15.8. The highest BCUT2D eigenvalue weighted by Crippen LogP contribution is 2.30. The third-order valence-corrected chi connectivity index (χ3v) is 5.58. The third-order valence-electron chi connectivity index (χ3n) is 4.50. The van der Waals surface area contributed by atoms with Crippen molar-refractivity contribution in [2.45, 2.75) is 26.3 Å². The van der Waals surface area contributed by atoms with Crippen LogP contribution in [0.3, 0.4) is 0 Å². The Hall–Kier alpha value is -2.66. The number of carbonyl (C=O) groups is 1. The molecule has 0 radical (unpaired) electrons. The van der Waals surface area contributed by atoms with Gasteiger partial charge in [0.15, 0.2) is 5.69 Å². The van der Waals surface area contributed by atoms with Crippen LogP contribution in [-0.2, 0) is 6.42 Å². The number of rotatable bonds is 1. The van der Waals surface area contributed by atoms with Crippen LogP contribution in [0, 0.1) is 6.92 Å². The number of nitrogens with one attached hydrogen (secondary N) is 1. The molecule has 0 saturated heterocycles. The second kappa shape index (κ2) is 6.33. The molecule has 1 N–H and O–H groups in total. The molecule has 1 aromatic heterocycles. The van der Waals surface area contributed by atoms with Crippen molar-refractivity contribution in [2.75, 3.05) is 10.2 Å². The first-order chi connectivity index (χ1) is 12.1. The van der Waals surface area contributed by atoms with Gasteiger partial charge >= 0.3 is 6.03 Å². The standard InChI is InChI=1S/C20H19N3OS/c1-14-12-19-22(15(2)13-25-19)17-10-6-7-11-18(17)23(14)20(24)21-16-8-4-3-5-9-16/h3-11,13-14H,12H2,1-2H3/p+1. The minimum absolute atomic E-state index is 0.0664. The lowest BCUT2D eigenvalue weighted by Crippen LogP contribution is -2.42.